The summed E-state index contributed by atoms with van der Waals surface area (Å²) < 4.78 is 0. The third-order valence-electron chi connectivity index (χ3n) is 4.95. The minimum Gasteiger partial charge on any atom is -0.338 e. The van der Waals surface area contributed by atoms with Crippen molar-refractivity contribution in [2.24, 2.45) is 0 Å². The molecule has 120 valence electrons. The largest absolute Gasteiger partial charge is 0.338 e. The monoisotopic (exact) mass is 318 g/mol. The van der Waals surface area contributed by atoms with Crippen LogP contribution in [0.3, 0.4) is 0 Å². The molecule has 4 heteroatoms. The number of carbonyl (C=O) groups is 1. The summed E-state index contributed by atoms with van der Waals surface area (Å²) in [5.74, 6) is 1.52. The van der Waals surface area contributed by atoms with Crippen molar-refractivity contribution in [1.29, 1.82) is 0 Å². The zero-order chi connectivity index (χ0) is 15.4. The van der Waals surface area contributed by atoms with E-state index < -0.39 is 0 Å². The summed E-state index contributed by atoms with van der Waals surface area (Å²) in [5, 5.41) is 0. The number of benzene rings is 1. The topological polar surface area (TPSA) is 23.6 Å². The first-order valence-electron chi connectivity index (χ1n) is 8.35. The Kier molecular flexibility index (Phi) is 5.42. The molecule has 0 radical (unpaired) electrons. The summed E-state index contributed by atoms with van der Waals surface area (Å²) in [6, 6.07) is 9.20. The molecule has 1 saturated heterocycles. The smallest absolute Gasteiger partial charge is 0.224 e. The minimum atomic E-state index is 0.323. The van der Waals surface area contributed by atoms with Gasteiger partial charge in [0.25, 0.3) is 0 Å². The first kappa shape index (κ1) is 15.9. The lowest BCUT2D eigenvalue weighted by atomic mass is 10.00. The SMILES string of the molecule is CSCC1CCCN1CCC(=O)N1CCc2ccccc2C1. The van der Waals surface area contributed by atoms with Crippen LogP contribution in [0, 0.1) is 0 Å². The van der Waals surface area contributed by atoms with Crippen molar-refractivity contribution in [3.8, 4) is 0 Å². The highest BCUT2D eigenvalue weighted by molar-refractivity contribution is 7.98. The van der Waals surface area contributed by atoms with Crippen molar-refractivity contribution >= 4 is 17.7 Å². The number of likely N-dealkylation sites (tertiary alicyclic amines) is 1. The molecule has 0 spiro atoms. The van der Waals surface area contributed by atoms with Crippen LogP contribution in [0.4, 0.5) is 0 Å². The predicted molar refractivity (Wildman–Crippen MR) is 93.2 cm³/mol. The Balaban J connectivity index is 1.51. The van der Waals surface area contributed by atoms with Crippen LogP contribution in [-0.2, 0) is 17.8 Å². The molecular formula is C18H26N2OS. The highest BCUT2D eigenvalue weighted by Crippen LogP contribution is 2.22. The molecule has 0 aromatic heterocycles. The summed E-state index contributed by atoms with van der Waals surface area (Å²) in [7, 11) is 0. The van der Waals surface area contributed by atoms with Crippen LogP contribution in [0.5, 0.6) is 0 Å². The molecule has 0 aliphatic carbocycles. The molecule has 3 rings (SSSR count). The Morgan fingerprint density at radius 1 is 1.27 bits per heavy atom. The zero-order valence-corrected chi connectivity index (χ0v) is 14.3. The van der Waals surface area contributed by atoms with Crippen LogP contribution in [0.15, 0.2) is 24.3 Å². The molecule has 2 aliphatic heterocycles. The average Bonchev–Trinajstić information content (AvgIpc) is 3.00. The highest BCUT2D eigenvalue weighted by atomic mass is 32.2. The summed E-state index contributed by atoms with van der Waals surface area (Å²) >= 11 is 1.92. The Morgan fingerprint density at radius 2 is 2.09 bits per heavy atom. The van der Waals surface area contributed by atoms with Gasteiger partial charge in [0.15, 0.2) is 0 Å². The lowest BCUT2D eigenvalue weighted by molar-refractivity contribution is -0.132. The zero-order valence-electron chi connectivity index (χ0n) is 13.5. The van der Waals surface area contributed by atoms with Crippen LogP contribution in [-0.4, -0.2) is 53.4 Å². The molecule has 1 fully saturated rings. The first-order valence-corrected chi connectivity index (χ1v) is 9.75. The molecule has 2 heterocycles. The van der Waals surface area contributed by atoms with Crippen molar-refractivity contribution in [1.82, 2.24) is 9.80 Å². The fourth-order valence-electron chi connectivity index (χ4n) is 3.68. The summed E-state index contributed by atoms with van der Waals surface area (Å²) in [6.45, 7) is 3.77. The van der Waals surface area contributed by atoms with Crippen LogP contribution in [0.1, 0.15) is 30.4 Å². The van der Waals surface area contributed by atoms with E-state index in [4.69, 9.17) is 0 Å². The third kappa shape index (κ3) is 3.66. The van der Waals surface area contributed by atoms with Gasteiger partial charge in [-0.25, -0.2) is 0 Å². The lowest BCUT2D eigenvalue weighted by Gasteiger charge is -2.30. The van der Waals surface area contributed by atoms with Gasteiger partial charge in [-0.15, -0.1) is 0 Å². The van der Waals surface area contributed by atoms with Gasteiger partial charge in [0, 0.05) is 37.8 Å². The molecular weight excluding hydrogens is 292 g/mol. The Hall–Kier alpha value is -1.00. The molecule has 0 bridgehead atoms. The maximum Gasteiger partial charge on any atom is 0.224 e. The molecule has 3 nitrogen and oxygen atoms in total. The second-order valence-corrected chi connectivity index (χ2v) is 7.28. The molecule has 2 aliphatic rings. The van der Waals surface area contributed by atoms with Gasteiger partial charge in [0.05, 0.1) is 0 Å². The van der Waals surface area contributed by atoms with E-state index in [2.05, 4.69) is 35.4 Å². The number of thioether (sulfide) groups is 1. The quantitative estimate of drug-likeness (QED) is 0.834. The Labute approximate surface area is 138 Å². The van der Waals surface area contributed by atoms with E-state index in [9.17, 15) is 4.79 Å². The average molecular weight is 318 g/mol. The number of carbonyl (C=O) groups excluding carboxylic acids is 1. The standard InChI is InChI=1S/C18H26N2OS/c1-22-14-17-7-4-10-19(17)12-9-18(21)20-11-8-15-5-2-3-6-16(15)13-20/h2-3,5-6,17H,4,7-14H2,1H3. The molecule has 1 aromatic rings. The maximum atomic E-state index is 12.5. The number of rotatable bonds is 5. The molecule has 1 amide bonds. The van der Waals surface area contributed by atoms with Gasteiger partial charge in [-0.3, -0.25) is 9.69 Å². The van der Waals surface area contributed by atoms with Crippen LogP contribution in [0.25, 0.3) is 0 Å². The van der Waals surface area contributed by atoms with Crippen molar-refractivity contribution < 1.29 is 4.79 Å². The van der Waals surface area contributed by atoms with E-state index in [-0.39, 0.29) is 0 Å². The van der Waals surface area contributed by atoms with Gasteiger partial charge in [-0.1, -0.05) is 24.3 Å². The van der Waals surface area contributed by atoms with Crippen LogP contribution in [0.2, 0.25) is 0 Å². The highest BCUT2D eigenvalue weighted by Gasteiger charge is 2.26. The van der Waals surface area contributed by atoms with Crippen LogP contribution >= 0.6 is 11.8 Å². The third-order valence-corrected chi connectivity index (χ3v) is 5.67. The molecule has 1 aromatic carbocycles. The Bertz CT molecular complexity index is 520. The second-order valence-electron chi connectivity index (χ2n) is 6.37. The van der Waals surface area contributed by atoms with Crippen molar-refractivity contribution in [3.05, 3.63) is 35.4 Å². The van der Waals surface area contributed by atoms with Crippen LogP contribution < -0.4 is 0 Å². The van der Waals surface area contributed by atoms with Gasteiger partial charge in [-0.05, 0) is 43.2 Å². The normalized spacial score (nSPS) is 21.9. The van der Waals surface area contributed by atoms with Gasteiger partial charge in [0.2, 0.25) is 5.91 Å². The number of hydrogen-bond donors (Lipinski definition) is 0. The summed E-state index contributed by atoms with van der Waals surface area (Å²) in [4.78, 5) is 17.1. The van der Waals surface area contributed by atoms with Gasteiger partial charge in [0.1, 0.15) is 0 Å². The lowest BCUT2D eigenvalue weighted by Crippen LogP contribution is -2.39. The van der Waals surface area contributed by atoms with Crippen molar-refractivity contribution in [3.63, 3.8) is 0 Å². The van der Waals surface area contributed by atoms with E-state index in [1.807, 2.05) is 16.7 Å². The van der Waals surface area contributed by atoms with E-state index >= 15 is 0 Å². The number of hydrogen-bond acceptors (Lipinski definition) is 3. The summed E-state index contributed by atoms with van der Waals surface area (Å²) in [5.41, 5.74) is 2.73. The number of amides is 1. The van der Waals surface area contributed by atoms with E-state index in [1.54, 1.807) is 0 Å². The Morgan fingerprint density at radius 3 is 2.91 bits per heavy atom. The summed E-state index contributed by atoms with van der Waals surface area (Å²) in [6.07, 6.45) is 6.43. The molecule has 1 atom stereocenters. The van der Waals surface area contributed by atoms with E-state index in [1.165, 1.54) is 36.3 Å². The fourth-order valence-corrected chi connectivity index (χ4v) is 4.44. The van der Waals surface area contributed by atoms with E-state index in [0.717, 1.165) is 26.1 Å². The van der Waals surface area contributed by atoms with E-state index in [0.29, 0.717) is 18.4 Å². The molecule has 0 saturated carbocycles. The second kappa shape index (κ2) is 7.51. The van der Waals surface area contributed by atoms with Crippen molar-refractivity contribution in [2.75, 3.05) is 31.6 Å². The fraction of sp³-hybridized carbons (Fsp3) is 0.611. The number of fused-ring (bicyclic) bond motifs is 1. The van der Waals surface area contributed by atoms with Gasteiger partial charge in [-0.2, -0.15) is 11.8 Å². The number of nitrogens with zero attached hydrogens (tertiary/aromatic N) is 2. The molecule has 0 N–H and O–H groups in total. The van der Waals surface area contributed by atoms with Gasteiger partial charge < -0.3 is 4.90 Å². The predicted octanol–water partition coefficient (Wildman–Crippen LogP) is 2.79. The first-order chi connectivity index (χ1) is 10.8. The van der Waals surface area contributed by atoms with Crippen molar-refractivity contribution in [2.45, 2.75) is 38.3 Å². The van der Waals surface area contributed by atoms with Gasteiger partial charge >= 0.3 is 0 Å². The molecule has 22 heavy (non-hydrogen) atoms. The molecule has 1 unspecified atom stereocenters. The minimum absolute atomic E-state index is 0.323. The maximum absolute atomic E-state index is 12.5.